The first kappa shape index (κ1) is 30.8. The molecule has 0 bridgehead atoms. The van der Waals surface area contributed by atoms with Gasteiger partial charge in [0.1, 0.15) is 0 Å². The second-order valence-corrected chi connectivity index (χ2v) is 14.3. The topological polar surface area (TPSA) is 55.0 Å². The smallest absolute Gasteiger partial charge is 0.197 e. The van der Waals surface area contributed by atoms with Crippen LogP contribution in [0.3, 0.4) is 0 Å². The molecule has 0 amide bonds. The average molecular weight is 629 g/mol. The quantitative estimate of drug-likeness (QED) is 0.370. The lowest BCUT2D eigenvalue weighted by Gasteiger charge is -2.38. The molecule has 9 heteroatoms. The van der Waals surface area contributed by atoms with Crippen LogP contribution in [0, 0.1) is 0 Å². The van der Waals surface area contributed by atoms with Crippen LogP contribution in [0.1, 0.15) is 52.7 Å². The van der Waals surface area contributed by atoms with Crippen LogP contribution < -0.4 is 9.80 Å². The Labute approximate surface area is 275 Å². The van der Waals surface area contributed by atoms with Crippen LogP contribution >= 0.6 is 0 Å². The number of anilines is 2. The molecule has 6 aliphatic rings. The highest BCUT2D eigenvalue weighted by Gasteiger charge is 2.34. The second-order valence-electron chi connectivity index (χ2n) is 14.3. The molecule has 0 radical (unpaired) electrons. The Morgan fingerprint density at radius 2 is 0.935 bits per heavy atom. The molecular weight excluding hydrogens is 576 g/mol. The fourth-order valence-corrected chi connectivity index (χ4v) is 7.97. The van der Waals surface area contributed by atoms with Gasteiger partial charge in [0, 0.05) is 126 Å². The Morgan fingerprint density at radius 3 is 1.30 bits per heavy atom. The first-order valence-corrected chi connectivity index (χ1v) is 18.1. The average Bonchev–Trinajstić information content (AvgIpc) is 4.04. The monoisotopic (exact) mass is 628 g/mol. The first-order chi connectivity index (χ1) is 22.7. The van der Waals surface area contributed by atoms with Crippen molar-refractivity contribution in [3.63, 3.8) is 0 Å². The van der Waals surface area contributed by atoms with Crippen LogP contribution in [0.4, 0.5) is 11.4 Å². The molecule has 0 N–H and O–H groups in total. The summed E-state index contributed by atoms with van der Waals surface area (Å²) >= 11 is 0. The van der Waals surface area contributed by atoms with Gasteiger partial charge >= 0.3 is 0 Å². The minimum absolute atomic E-state index is 0.162. The van der Waals surface area contributed by atoms with Crippen LogP contribution in [-0.4, -0.2) is 142 Å². The summed E-state index contributed by atoms with van der Waals surface area (Å²) < 4.78 is 11.2. The molecule has 2 aromatic carbocycles. The van der Waals surface area contributed by atoms with Crippen molar-refractivity contribution < 1.29 is 14.3 Å². The van der Waals surface area contributed by atoms with Crippen LogP contribution in [0.2, 0.25) is 0 Å². The summed E-state index contributed by atoms with van der Waals surface area (Å²) in [7, 11) is 0. The van der Waals surface area contributed by atoms with E-state index in [-0.39, 0.29) is 5.78 Å². The number of piperazine rings is 2. The minimum Gasteiger partial charge on any atom is -0.379 e. The van der Waals surface area contributed by atoms with E-state index < -0.39 is 0 Å². The maximum atomic E-state index is 14.8. The van der Waals surface area contributed by atoms with Crippen LogP contribution in [-0.2, 0) is 22.6 Å². The lowest BCUT2D eigenvalue weighted by atomic mass is 9.95. The number of nitrogens with zero attached hydrogens (tertiary/aromatic N) is 6. The van der Waals surface area contributed by atoms with Gasteiger partial charge in [-0.25, -0.2) is 0 Å². The lowest BCUT2D eigenvalue weighted by Crippen LogP contribution is -2.48. The van der Waals surface area contributed by atoms with E-state index >= 15 is 0 Å². The van der Waals surface area contributed by atoms with Crippen molar-refractivity contribution in [1.29, 1.82) is 0 Å². The third-order valence-electron chi connectivity index (χ3n) is 11.1. The molecular formula is C37H52N6O3. The minimum atomic E-state index is 0.162. The number of carbonyl (C=O) groups is 1. The molecule has 9 nitrogen and oxygen atoms in total. The largest absolute Gasteiger partial charge is 0.379 e. The van der Waals surface area contributed by atoms with E-state index in [0.717, 1.165) is 153 Å². The van der Waals surface area contributed by atoms with Crippen LogP contribution in [0.5, 0.6) is 0 Å². The molecule has 2 aromatic rings. The Morgan fingerprint density at radius 1 is 0.543 bits per heavy atom. The number of morpholine rings is 2. The molecule has 46 heavy (non-hydrogen) atoms. The highest BCUT2D eigenvalue weighted by atomic mass is 16.5. The van der Waals surface area contributed by atoms with E-state index in [2.05, 4.69) is 65.8 Å². The number of carbonyl (C=O) groups excluding carboxylic acids is 1. The number of rotatable bonds is 10. The van der Waals surface area contributed by atoms with Crippen LogP contribution in [0.15, 0.2) is 36.4 Å². The summed E-state index contributed by atoms with van der Waals surface area (Å²) in [6.45, 7) is 17.1. The molecule has 4 heterocycles. The molecule has 0 aromatic heterocycles. The maximum Gasteiger partial charge on any atom is 0.197 e. The summed E-state index contributed by atoms with van der Waals surface area (Å²) in [4.78, 5) is 30.1. The van der Waals surface area contributed by atoms with Gasteiger partial charge in [0.2, 0.25) is 0 Å². The van der Waals surface area contributed by atoms with E-state index in [0.29, 0.717) is 0 Å². The summed E-state index contributed by atoms with van der Waals surface area (Å²) in [5.74, 6) is 0.162. The fourth-order valence-electron chi connectivity index (χ4n) is 7.97. The van der Waals surface area contributed by atoms with Gasteiger partial charge in [0.05, 0.1) is 26.4 Å². The van der Waals surface area contributed by atoms with Gasteiger partial charge in [0.15, 0.2) is 5.78 Å². The van der Waals surface area contributed by atoms with Gasteiger partial charge < -0.3 is 19.3 Å². The third kappa shape index (κ3) is 7.15. The number of benzene rings is 2. The van der Waals surface area contributed by atoms with Gasteiger partial charge in [0.25, 0.3) is 0 Å². The van der Waals surface area contributed by atoms with E-state index in [1.807, 2.05) is 0 Å². The zero-order valence-corrected chi connectivity index (χ0v) is 27.6. The molecule has 4 aliphatic heterocycles. The highest BCUT2D eigenvalue weighted by Crippen LogP contribution is 2.35. The molecule has 2 saturated carbocycles. The standard InChI is InChI=1S/C37H52N6O3/c44-37(33-7-1-29(27-38-17-21-45-22-18-38)25-35(33)42-13-9-40(10-14-42)31-3-4-31)34-8-2-30(28-39-19-23-46-24-20-39)26-36(34)43-15-11-41(12-16-43)32-5-6-32/h1-2,7-8,25-26,31-32H,3-6,9-24,27-28H2. The molecule has 6 fully saturated rings. The van der Waals surface area contributed by atoms with Gasteiger partial charge in [-0.3, -0.25) is 24.4 Å². The maximum absolute atomic E-state index is 14.8. The van der Waals surface area contributed by atoms with Crippen LogP contribution in [0.25, 0.3) is 0 Å². The Bertz CT molecular complexity index is 1250. The van der Waals surface area contributed by atoms with Gasteiger partial charge in [-0.15, -0.1) is 0 Å². The molecule has 4 saturated heterocycles. The van der Waals surface area contributed by atoms with E-state index in [1.54, 1.807) is 0 Å². The Kier molecular flexibility index (Phi) is 9.31. The van der Waals surface area contributed by atoms with Crippen molar-refractivity contribution >= 4 is 17.2 Å². The summed E-state index contributed by atoms with van der Waals surface area (Å²) in [5.41, 5.74) is 6.51. The zero-order valence-electron chi connectivity index (χ0n) is 27.6. The van der Waals surface area contributed by atoms with E-state index in [1.165, 1.54) is 36.8 Å². The molecule has 248 valence electrons. The van der Waals surface area contributed by atoms with Crippen molar-refractivity contribution in [3.05, 3.63) is 58.7 Å². The van der Waals surface area contributed by atoms with Crippen molar-refractivity contribution in [2.75, 3.05) is 115 Å². The number of hydrogen-bond acceptors (Lipinski definition) is 9. The first-order valence-electron chi connectivity index (χ1n) is 18.1. The van der Waals surface area contributed by atoms with Crippen molar-refractivity contribution in [2.45, 2.75) is 50.9 Å². The Balaban J connectivity index is 1.09. The van der Waals surface area contributed by atoms with Crippen molar-refractivity contribution in [3.8, 4) is 0 Å². The predicted molar refractivity (Wildman–Crippen MR) is 182 cm³/mol. The zero-order chi connectivity index (χ0) is 30.9. The van der Waals surface area contributed by atoms with E-state index in [4.69, 9.17) is 9.47 Å². The van der Waals surface area contributed by atoms with Crippen molar-refractivity contribution in [2.24, 2.45) is 0 Å². The molecule has 0 spiro atoms. The summed E-state index contributed by atoms with van der Waals surface area (Å²) in [6, 6.07) is 14.9. The van der Waals surface area contributed by atoms with Gasteiger partial charge in [-0.2, -0.15) is 0 Å². The highest BCUT2D eigenvalue weighted by molar-refractivity contribution is 6.15. The Hall–Kier alpha value is -2.53. The fraction of sp³-hybridized carbons (Fsp3) is 0.649. The normalized spacial score (nSPS) is 24.4. The van der Waals surface area contributed by atoms with Gasteiger partial charge in [-0.1, -0.05) is 12.1 Å². The molecule has 0 atom stereocenters. The number of hydrogen-bond donors (Lipinski definition) is 0. The third-order valence-corrected chi connectivity index (χ3v) is 11.1. The molecule has 2 aliphatic carbocycles. The lowest BCUT2D eigenvalue weighted by molar-refractivity contribution is 0.0341. The summed E-state index contributed by atoms with van der Waals surface area (Å²) in [6.07, 6.45) is 5.38. The second kappa shape index (κ2) is 13.9. The molecule has 8 rings (SSSR count). The molecule has 0 unspecified atom stereocenters. The number of ether oxygens (including phenoxy) is 2. The van der Waals surface area contributed by atoms with E-state index in [9.17, 15) is 4.79 Å². The van der Waals surface area contributed by atoms with Crippen molar-refractivity contribution in [1.82, 2.24) is 19.6 Å². The summed E-state index contributed by atoms with van der Waals surface area (Å²) in [5, 5.41) is 0. The predicted octanol–water partition coefficient (Wildman–Crippen LogP) is 3.15. The SMILES string of the molecule is O=C(c1ccc(CN2CCOCC2)cc1N1CCN(C2CC2)CC1)c1ccc(CN2CCOCC2)cc1N1CCN(C2CC2)CC1. The number of ketones is 1. The van der Waals surface area contributed by atoms with Gasteiger partial charge in [-0.05, 0) is 61.1 Å².